The number of nitrogens with zero attached hydrogens (tertiary/aromatic N) is 1. The summed E-state index contributed by atoms with van der Waals surface area (Å²) in [7, 11) is 2.74. The Morgan fingerprint density at radius 3 is 2.30 bits per heavy atom. The van der Waals surface area contributed by atoms with E-state index in [-0.39, 0.29) is 5.54 Å². The predicted octanol–water partition coefficient (Wildman–Crippen LogP) is -0.122. The Bertz CT molecular complexity index is 138. The highest BCUT2D eigenvalue weighted by Crippen LogP contribution is 2.30. The first kappa shape index (κ1) is 6.99. The van der Waals surface area contributed by atoms with Crippen LogP contribution in [0.1, 0.15) is 0 Å². The van der Waals surface area contributed by atoms with Crippen LogP contribution in [-0.4, -0.2) is 43.2 Å². The molecule has 2 aliphatic heterocycles. The molecule has 1 unspecified atom stereocenters. The number of morpholine rings is 1. The van der Waals surface area contributed by atoms with E-state index in [9.17, 15) is 0 Å². The third-order valence-electron chi connectivity index (χ3n) is 2.20. The van der Waals surface area contributed by atoms with E-state index in [1.165, 1.54) is 0 Å². The van der Waals surface area contributed by atoms with Crippen molar-refractivity contribution in [1.82, 2.24) is 4.67 Å². The van der Waals surface area contributed by atoms with E-state index in [2.05, 4.69) is 14.1 Å². The summed E-state index contributed by atoms with van der Waals surface area (Å²) in [6.45, 7) is 4.35. The molecule has 0 amide bonds. The van der Waals surface area contributed by atoms with Crippen molar-refractivity contribution in [3.8, 4) is 0 Å². The van der Waals surface area contributed by atoms with Crippen LogP contribution in [0.3, 0.4) is 0 Å². The Labute approximate surface area is 62.9 Å². The number of hydrogen-bond donors (Lipinski definition) is 0. The largest absolute Gasteiger partial charge is 0.378 e. The molecule has 2 aliphatic rings. The summed E-state index contributed by atoms with van der Waals surface area (Å²) in [4.78, 5) is 0. The molecule has 3 nitrogen and oxygen atoms in total. The molecule has 2 saturated heterocycles. The van der Waals surface area contributed by atoms with E-state index in [0.717, 1.165) is 33.0 Å². The molecule has 0 saturated carbocycles. The van der Waals surface area contributed by atoms with Gasteiger partial charge in [0, 0.05) is 6.54 Å². The second-order valence-corrected chi connectivity index (χ2v) is 3.59. The third-order valence-corrected chi connectivity index (χ3v) is 3.00. The first-order chi connectivity index (χ1) is 4.83. The van der Waals surface area contributed by atoms with Gasteiger partial charge in [-0.3, -0.25) is 4.67 Å². The summed E-state index contributed by atoms with van der Waals surface area (Å²) >= 11 is 0. The van der Waals surface area contributed by atoms with Crippen LogP contribution in [0, 0.1) is 0 Å². The molecule has 10 heavy (non-hydrogen) atoms. The third kappa shape index (κ3) is 0.892. The minimum Gasteiger partial charge on any atom is -0.378 e. The van der Waals surface area contributed by atoms with Crippen molar-refractivity contribution in [2.75, 3.05) is 33.0 Å². The van der Waals surface area contributed by atoms with E-state index >= 15 is 0 Å². The standard InChI is InChI=1S/C6H12NO2P/c10-7-1-2-8-3-6(7)4-9-5-6/h1-5,10H2. The lowest BCUT2D eigenvalue weighted by atomic mass is 9.98. The molecular formula is C6H12NO2P. The molecule has 0 bridgehead atoms. The average molecular weight is 161 g/mol. The highest BCUT2D eigenvalue weighted by Gasteiger charge is 2.44. The van der Waals surface area contributed by atoms with Gasteiger partial charge in [-0.15, -0.1) is 0 Å². The van der Waals surface area contributed by atoms with Gasteiger partial charge in [0.2, 0.25) is 0 Å². The van der Waals surface area contributed by atoms with Crippen LogP contribution in [0.4, 0.5) is 0 Å². The van der Waals surface area contributed by atoms with Crippen LogP contribution < -0.4 is 0 Å². The zero-order chi connectivity index (χ0) is 7.03. The molecule has 0 aliphatic carbocycles. The maximum Gasteiger partial charge on any atom is 0.0944 e. The molecule has 0 radical (unpaired) electrons. The van der Waals surface area contributed by atoms with Gasteiger partial charge in [-0.05, 0) is 0 Å². The van der Waals surface area contributed by atoms with Crippen LogP contribution in [0.2, 0.25) is 0 Å². The fourth-order valence-corrected chi connectivity index (χ4v) is 1.66. The fourth-order valence-electron chi connectivity index (χ4n) is 1.33. The summed E-state index contributed by atoms with van der Waals surface area (Å²) in [5.74, 6) is 0. The molecule has 2 rings (SSSR count). The molecular weight excluding hydrogens is 149 g/mol. The first-order valence-corrected chi connectivity index (χ1v) is 4.03. The van der Waals surface area contributed by atoms with Gasteiger partial charge in [0.1, 0.15) is 0 Å². The summed E-state index contributed by atoms with van der Waals surface area (Å²) in [5, 5.41) is 0. The van der Waals surface area contributed by atoms with Crippen molar-refractivity contribution in [2.24, 2.45) is 0 Å². The molecule has 2 fully saturated rings. The van der Waals surface area contributed by atoms with E-state index < -0.39 is 0 Å². The first-order valence-electron chi connectivity index (χ1n) is 3.51. The molecule has 2 heterocycles. The van der Waals surface area contributed by atoms with Crippen molar-refractivity contribution in [2.45, 2.75) is 5.54 Å². The highest BCUT2D eigenvalue weighted by molar-refractivity contribution is 7.13. The van der Waals surface area contributed by atoms with Crippen molar-refractivity contribution >= 4 is 9.39 Å². The lowest BCUT2D eigenvalue weighted by molar-refractivity contribution is -0.166. The van der Waals surface area contributed by atoms with Crippen LogP contribution >= 0.6 is 9.39 Å². The SMILES string of the molecule is PN1CCOCC12COC2. The van der Waals surface area contributed by atoms with E-state index in [0.29, 0.717) is 0 Å². The summed E-state index contributed by atoms with van der Waals surface area (Å²) in [6.07, 6.45) is 0. The van der Waals surface area contributed by atoms with Crippen molar-refractivity contribution in [3.05, 3.63) is 0 Å². The second-order valence-electron chi connectivity index (χ2n) is 2.96. The minimum absolute atomic E-state index is 0.211. The average Bonchev–Trinajstić information content (AvgIpc) is 1.85. The van der Waals surface area contributed by atoms with Crippen LogP contribution in [0.5, 0.6) is 0 Å². The van der Waals surface area contributed by atoms with Crippen LogP contribution in [0.25, 0.3) is 0 Å². The lowest BCUT2D eigenvalue weighted by Crippen LogP contribution is -2.64. The summed E-state index contributed by atoms with van der Waals surface area (Å²) in [5.41, 5.74) is 0.211. The van der Waals surface area contributed by atoms with Crippen molar-refractivity contribution in [1.29, 1.82) is 0 Å². The van der Waals surface area contributed by atoms with Gasteiger partial charge in [-0.2, -0.15) is 0 Å². The van der Waals surface area contributed by atoms with Gasteiger partial charge >= 0.3 is 0 Å². The molecule has 0 aromatic heterocycles. The van der Waals surface area contributed by atoms with Gasteiger partial charge < -0.3 is 9.47 Å². The van der Waals surface area contributed by atoms with E-state index in [4.69, 9.17) is 9.47 Å². The van der Waals surface area contributed by atoms with E-state index in [1.54, 1.807) is 0 Å². The maximum absolute atomic E-state index is 5.36. The van der Waals surface area contributed by atoms with Crippen molar-refractivity contribution < 1.29 is 9.47 Å². The molecule has 1 atom stereocenters. The molecule has 58 valence electrons. The minimum atomic E-state index is 0.211. The van der Waals surface area contributed by atoms with Gasteiger partial charge in [0.05, 0.1) is 32.0 Å². The Hall–Kier alpha value is 0.310. The number of hydrogen-bond acceptors (Lipinski definition) is 3. The van der Waals surface area contributed by atoms with Gasteiger partial charge in [-0.1, -0.05) is 9.39 Å². The van der Waals surface area contributed by atoms with Gasteiger partial charge in [0.25, 0.3) is 0 Å². The van der Waals surface area contributed by atoms with Gasteiger partial charge in [0.15, 0.2) is 0 Å². The molecule has 1 spiro atoms. The number of rotatable bonds is 0. The molecule has 4 heteroatoms. The van der Waals surface area contributed by atoms with Crippen molar-refractivity contribution in [3.63, 3.8) is 0 Å². The fraction of sp³-hybridized carbons (Fsp3) is 1.00. The normalized spacial score (nSPS) is 32.1. The Balaban J connectivity index is 2.03. The van der Waals surface area contributed by atoms with Crippen LogP contribution in [-0.2, 0) is 9.47 Å². The lowest BCUT2D eigenvalue weighted by Gasteiger charge is -2.49. The highest BCUT2D eigenvalue weighted by atomic mass is 31.0. The quantitative estimate of drug-likeness (QED) is 0.462. The van der Waals surface area contributed by atoms with E-state index in [1.807, 2.05) is 0 Å². The zero-order valence-corrected chi connectivity index (χ0v) is 7.03. The van der Waals surface area contributed by atoms with Crippen LogP contribution in [0.15, 0.2) is 0 Å². The zero-order valence-electron chi connectivity index (χ0n) is 5.88. The second kappa shape index (κ2) is 2.42. The summed E-state index contributed by atoms with van der Waals surface area (Å²) in [6, 6.07) is 0. The Kier molecular flexibility index (Phi) is 1.69. The van der Waals surface area contributed by atoms with Gasteiger partial charge in [-0.25, -0.2) is 0 Å². The Morgan fingerprint density at radius 1 is 1.20 bits per heavy atom. The molecule has 0 N–H and O–H groups in total. The summed E-state index contributed by atoms with van der Waals surface area (Å²) < 4.78 is 12.8. The predicted molar refractivity (Wildman–Crippen MR) is 40.8 cm³/mol. The Morgan fingerprint density at radius 2 is 1.90 bits per heavy atom. The monoisotopic (exact) mass is 161 g/mol. The molecule has 0 aromatic rings. The molecule has 0 aromatic carbocycles. The topological polar surface area (TPSA) is 21.7 Å². The smallest absolute Gasteiger partial charge is 0.0944 e. The number of ether oxygens (including phenoxy) is 2. The maximum atomic E-state index is 5.36.